The third-order valence-electron chi connectivity index (χ3n) is 6.52. The molecule has 1 aromatic heterocycles. The fourth-order valence-electron chi connectivity index (χ4n) is 4.68. The molecule has 3 aromatic carbocycles. The molecule has 11 heteroatoms. The van der Waals surface area contributed by atoms with Crippen LogP contribution in [-0.2, 0) is 10.5 Å². The molecule has 2 N–H and O–H groups in total. The first-order valence-corrected chi connectivity index (χ1v) is 15.1. The van der Waals surface area contributed by atoms with E-state index in [2.05, 4.69) is 26.6 Å². The van der Waals surface area contributed by atoms with Gasteiger partial charge in [0.2, 0.25) is 11.1 Å². The van der Waals surface area contributed by atoms with Gasteiger partial charge >= 0.3 is 0 Å². The SMILES string of the molecule is CCOc1cc(C2C(C(=O)Nc3cccc(C)c3)=C(C)Nc3nc(SCc4ccccc4Cl)nn32)cc(Br)c1OC. The first-order valence-electron chi connectivity index (χ1n) is 13.0. The Balaban J connectivity index is 1.57. The predicted octanol–water partition coefficient (Wildman–Crippen LogP) is 7.63. The molecular formula is C30H29BrClN5O3S. The molecule has 0 fully saturated rings. The van der Waals surface area contributed by atoms with E-state index in [1.807, 2.05) is 81.4 Å². The summed E-state index contributed by atoms with van der Waals surface area (Å²) in [4.78, 5) is 18.7. The number of hydrogen-bond donors (Lipinski definition) is 2. The molecule has 0 spiro atoms. The average molecular weight is 655 g/mol. The Kier molecular flexibility index (Phi) is 8.91. The zero-order chi connectivity index (χ0) is 29.1. The lowest BCUT2D eigenvalue weighted by atomic mass is 9.94. The molecule has 4 aromatic rings. The van der Waals surface area contributed by atoms with Gasteiger partial charge in [0.25, 0.3) is 5.91 Å². The summed E-state index contributed by atoms with van der Waals surface area (Å²) in [5, 5.41) is 12.5. The molecule has 5 rings (SSSR count). The number of allylic oxidation sites excluding steroid dienone is 1. The van der Waals surface area contributed by atoms with Gasteiger partial charge < -0.3 is 20.1 Å². The molecule has 1 amide bonds. The Morgan fingerprint density at radius 2 is 1.98 bits per heavy atom. The van der Waals surface area contributed by atoms with E-state index < -0.39 is 6.04 Å². The van der Waals surface area contributed by atoms with Gasteiger partial charge in [0.15, 0.2) is 11.5 Å². The molecule has 0 radical (unpaired) electrons. The van der Waals surface area contributed by atoms with Crippen LogP contribution in [0.4, 0.5) is 11.6 Å². The number of anilines is 2. The quantitative estimate of drug-likeness (QED) is 0.179. The van der Waals surface area contributed by atoms with Crippen molar-refractivity contribution in [2.75, 3.05) is 24.4 Å². The van der Waals surface area contributed by atoms with E-state index in [1.54, 1.807) is 11.8 Å². The van der Waals surface area contributed by atoms with Crippen molar-refractivity contribution in [3.8, 4) is 11.5 Å². The van der Waals surface area contributed by atoms with E-state index >= 15 is 0 Å². The number of fused-ring (bicyclic) bond motifs is 1. The van der Waals surface area contributed by atoms with Crippen molar-refractivity contribution in [1.82, 2.24) is 14.8 Å². The number of nitrogens with zero attached hydrogens (tertiary/aromatic N) is 3. The number of benzene rings is 3. The normalized spacial score (nSPS) is 14.3. The highest BCUT2D eigenvalue weighted by molar-refractivity contribution is 9.10. The number of methoxy groups -OCH3 is 1. The largest absolute Gasteiger partial charge is 0.492 e. The number of rotatable bonds is 9. The van der Waals surface area contributed by atoms with Crippen LogP contribution in [0.1, 0.15) is 36.6 Å². The lowest BCUT2D eigenvalue weighted by Crippen LogP contribution is -2.31. The Hall–Kier alpha value is -3.47. The molecule has 0 saturated heterocycles. The minimum Gasteiger partial charge on any atom is -0.492 e. The highest BCUT2D eigenvalue weighted by Gasteiger charge is 2.35. The van der Waals surface area contributed by atoms with Gasteiger partial charge in [0.1, 0.15) is 6.04 Å². The third-order valence-corrected chi connectivity index (χ3v) is 8.36. The summed E-state index contributed by atoms with van der Waals surface area (Å²) >= 11 is 11.5. The summed E-state index contributed by atoms with van der Waals surface area (Å²) < 4.78 is 14.0. The van der Waals surface area contributed by atoms with Crippen LogP contribution in [0, 0.1) is 6.92 Å². The average Bonchev–Trinajstić information content (AvgIpc) is 3.34. The number of amides is 1. The highest BCUT2D eigenvalue weighted by Crippen LogP contribution is 2.43. The maximum atomic E-state index is 13.9. The van der Waals surface area contributed by atoms with Crippen LogP contribution in [0.25, 0.3) is 0 Å². The first kappa shape index (κ1) is 29.0. The molecule has 0 saturated carbocycles. The zero-order valence-corrected chi connectivity index (χ0v) is 26.2. The maximum Gasteiger partial charge on any atom is 0.255 e. The monoisotopic (exact) mass is 653 g/mol. The van der Waals surface area contributed by atoms with E-state index in [1.165, 1.54) is 11.8 Å². The van der Waals surface area contributed by atoms with Gasteiger partial charge in [0, 0.05) is 22.2 Å². The zero-order valence-electron chi connectivity index (χ0n) is 23.0. The van der Waals surface area contributed by atoms with E-state index in [9.17, 15) is 4.79 Å². The maximum absolute atomic E-state index is 13.9. The number of thioether (sulfide) groups is 1. The van der Waals surface area contributed by atoms with E-state index in [0.29, 0.717) is 61.4 Å². The third kappa shape index (κ3) is 6.24. The molecule has 1 aliphatic heterocycles. The standard InChI is InChI=1S/C30H29BrClN5O3S/c1-5-40-24-15-20(14-22(31)27(24)39-4)26-25(28(38)34-21-11-8-9-17(2)13-21)18(3)33-29-35-30(36-37(26)29)41-16-19-10-6-7-12-23(19)32/h6-15,26H,5,16H2,1-4H3,(H,34,38)(H,33,35,36). The molecule has 41 heavy (non-hydrogen) atoms. The molecule has 1 atom stereocenters. The molecule has 0 aliphatic carbocycles. The van der Waals surface area contributed by atoms with Crippen LogP contribution >= 0.6 is 39.3 Å². The van der Waals surface area contributed by atoms with E-state index in [-0.39, 0.29) is 5.91 Å². The number of aromatic nitrogens is 3. The van der Waals surface area contributed by atoms with E-state index in [0.717, 1.165) is 16.7 Å². The second-order valence-corrected chi connectivity index (χ2v) is 11.6. The summed E-state index contributed by atoms with van der Waals surface area (Å²) in [5.41, 5.74) is 4.71. The summed E-state index contributed by atoms with van der Waals surface area (Å²) in [7, 11) is 1.59. The first-order chi connectivity index (χ1) is 19.8. The Morgan fingerprint density at radius 3 is 2.71 bits per heavy atom. The fraction of sp³-hybridized carbons (Fsp3) is 0.233. The number of ether oxygens (including phenoxy) is 2. The van der Waals surface area contributed by atoms with Crippen LogP contribution in [0.15, 0.2) is 81.6 Å². The number of hydrogen-bond acceptors (Lipinski definition) is 7. The number of carbonyl (C=O) groups is 1. The highest BCUT2D eigenvalue weighted by atomic mass is 79.9. The number of aryl methyl sites for hydroxylation is 1. The van der Waals surface area contributed by atoms with Gasteiger partial charge in [-0.3, -0.25) is 4.79 Å². The van der Waals surface area contributed by atoms with Gasteiger partial charge in [-0.15, -0.1) is 5.10 Å². The van der Waals surface area contributed by atoms with Gasteiger partial charge in [-0.1, -0.05) is 53.7 Å². The van der Waals surface area contributed by atoms with Crippen molar-refractivity contribution >= 4 is 56.8 Å². The molecule has 2 heterocycles. The fourth-order valence-corrected chi connectivity index (χ4v) is 6.42. The molecular weight excluding hydrogens is 626 g/mol. The second-order valence-electron chi connectivity index (χ2n) is 9.40. The van der Waals surface area contributed by atoms with Crippen molar-refractivity contribution in [2.45, 2.75) is 37.7 Å². The Morgan fingerprint density at radius 1 is 1.17 bits per heavy atom. The number of carbonyl (C=O) groups excluding carboxylic acids is 1. The van der Waals surface area contributed by atoms with Crippen molar-refractivity contribution in [3.05, 3.63) is 98.1 Å². The lowest BCUT2D eigenvalue weighted by molar-refractivity contribution is -0.113. The topological polar surface area (TPSA) is 90.3 Å². The van der Waals surface area contributed by atoms with Crippen LogP contribution in [0.3, 0.4) is 0 Å². The lowest BCUT2D eigenvalue weighted by Gasteiger charge is -2.29. The number of nitrogens with one attached hydrogen (secondary N) is 2. The van der Waals surface area contributed by atoms with Crippen LogP contribution in [-0.4, -0.2) is 34.4 Å². The van der Waals surface area contributed by atoms with E-state index in [4.69, 9.17) is 31.2 Å². The Bertz CT molecular complexity index is 1640. The van der Waals surface area contributed by atoms with Crippen molar-refractivity contribution in [1.29, 1.82) is 0 Å². The van der Waals surface area contributed by atoms with Gasteiger partial charge in [0.05, 0.1) is 23.8 Å². The molecule has 212 valence electrons. The van der Waals surface area contributed by atoms with Crippen LogP contribution in [0.2, 0.25) is 5.02 Å². The minimum absolute atomic E-state index is 0.248. The Labute approximate surface area is 256 Å². The minimum atomic E-state index is -0.598. The van der Waals surface area contributed by atoms with Crippen LogP contribution < -0.4 is 20.1 Å². The van der Waals surface area contributed by atoms with Gasteiger partial charge in [-0.05, 0) is 83.7 Å². The predicted molar refractivity (Wildman–Crippen MR) is 167 cm³/mol. The van der Waals surface area contributed by atoms with Crippen molar-refractivity contribution < 1.29 is 14.3 Å². The van der Waals surface area contributed by atoms with Gasteiger partial charge in [-0.25, -0.2) is 4.68 Å². The summed E-state index contributed by atoms with van der Waals surface area (Å²) in [6.45, 7) is 6.21. The smallest absolute Gasteiger partial charge is 0.255 e. The van der Waals surface area contributed by atoms with Crippen molar-refractivity contribution in [2.24, 2.45) is 0 Å². The molecule has 1 aliphatic rings. The second kappa shape index (κ2) is 12.6. The molecule has 0 bridgehead atoms. The number of halogens is 2. The van der Waals surface area contributed by atoms with Crippen LogP contribution in [0.5, 0.6) is 11.5 Å². The van der Waals surface area contributed by atoms with Gasteiger partial charge in [-0.2, -0.15) is 4.98 Å². The summed E-state index contributed by atoms with van der Waals surface area (Å²) in [6, 6.07) is 18.6. The summed E-state index contributed by atoms with van der Waals surface area (Å²) in [6.07, 6.45) is 0. The summed E-state index contributed by atoms with van der Waals surface area (Å²) in [5.74, 6) is 2.02. The van der Waals surface area contributed by atoms with Crippen molar-refractivity contribution in [3.63, 3.8) is 0 Å². The molecule has 8 nitrogen and oxygen atoms in total. The molecule has 1 unspecified atom stereocenters.